The van der Waals surface area contributed by atoms with Crippen LogP contribution in [0.5, 0.6) is 0 Å². The predicted octanol–water partition coefficient (Wildman–Crippen LogP) is 3.59. The van der Waals surface area contributed by atoms with Crippen molar-refractivity contribution in [2.75, 3.05) is 6.61 Å². The average molecular weight is 537 g/mol. The van der Waals surface area contributed by atoms with E-state index in [9.17, 15) is 35.4 Å². The van der Waals surface area contributed by atoms with Crippen molar-refractivity contribution in [3.05, 3.63) is 0 Å². The lowest BCUT2D eigenvalue weighted by Crippen LogP contribution is -2.63. The maximum Gasteiger partial charge on any atom is 0.312 e. The maximum atomic E-state index is 12.5. The molecule has 0 bridgehead atoms. The topological polar surface area (TPSA) is 138 Å². The van der Waals surface area contributed by atoms with E-state index in [-0.39, 0.29) is 59.4 Å². The molecule has 0 amide bonds. The number of aliphatic hydroxyl groups excluding tert-OH is 4. The lowest BCUT2D eigenvalue weighted by atomic mass is 9.41. The standard InChI is InChI=1S/C31H52O7/c1-17(2)30(38,16-32)14-20(33)18(3)19-9-10-27(5)21-7-8-22-28(6,25(36)37)23(34)13-24(35)31(22)15-29(21,31)12-11-26(19,27)4/h17-24,32-35,38H,7-16H2,1-6H3,(H,36,37)/t18-,19+,20-,21-,22-,23-,24-,26+,27-,28-,29-,30-,31+/m0/s1. The van der Waals surface area contributed by atoms with E-state index in [1.807, 2.05) is 13.8 Å². The number of aliphatic carboxylic acids is 1. The van der Waals surface area contributed by atoms with Crippen LogP contribution < -0.4 is 0 Å². The Hall–Kier alpha value is -0.730. The first-order valence-electron chi connectivity index (χ1n) is 15.1. The Morgan fingerprint density at radius 3 is 2.16 bits per heavy atom. The van der Waals surface area contributed by atoms with Crippen LogP contribution in [0.2, 0.25) is 0 Å². The van der Waals surface area contributed by atoms with Crippen LogP contribution in [-0.4, -0.2) is 67.1 Å². The van der Waals surface area contributed by atoms with E-state index in [1.54, 1.807) is 6.92 Å². The molecule has 0 heterocycles. The number of carboxylic acids is 1. The van der Waals surface area contributed by atoms with Crippen molar-refractivity contribution in [2.45, 2.75) is 123 Å². The van der Waals surface area contributed by atoms with Gasteiger partial charge in [-0.2, -0.15) is 0 Å². The Labute approximate surface area is 228 Å². The molecule has 5 saturated carbocycles. The molecule has 0 radical (unpaired) electrons. The summed E-state index contributed by atoms with van der Waals surface area (Å²) < 4.78 is 0. The molecule has 5 aliphatic rings. The average Bonchev–Trinajstić information content (AvgIpc) is 3.47. The van der Waals surface area contributed by atoms with Crippen molar-refractivity contribution in [1.29, 1.82) is 0 Å². The highest BCUT2D eigenvalue weighted by Gasteiger charge is 2.85. The van der Waals surface area contributed by atoms with Crippen LogP contribution in [0.4, 0.5) is 0 Å². The fourth-order valence-corrected chi connectivity index (χ4v) is 11.5. The largest absolute Gasteiger partial charge is 0.481 e. The van der Waals surface area contributed by atoms with Crippen LogP contribution in [0.1, 0.15) is 99.3 Å². The summed E-state index contributed by atoms with van der Waals surface area (Å²) >= 11 is 0. The normalized spacial score (nSPS) is 52.7. The van der Waals surface area contributed by atoms with E-state index in [1.165, 1.54) is 0 Å². The van der Waals surface area contributed by atoms with Gasteiger partial charge in [0, 0.05) is 18.3 Å². The van der Waals surface area contributed by atoms with Crippen LogP contribution in [0, 0.1) is 56.7 Å². The highest BCUT2D eigenvalue weighted by molar-refractivity contribution is 5.76. The predicted molar refractivity (Wildman–Crippen MR) is 143 cm³/mol. The summed E-state index contributed by atoms with van der Waals surface area (Å²) in [6, 6.07) is 0. The number of aliphatic hydroxyl groups is 5. The zero-order valence-electron chi connectivity index (χ0n) is 24.3. The van der Waals surface area contributed by atoms with Crippen molar-refractivity contribution in [3.63, 3.8) is 0 Å². The number of carbonyl (C=O) groups is 1. The van der Waals surface area contributed by atoms with E-state index in [0.717, 1.165) is 44.9 Å². The highest BCUT2D eigenvalue weighted by atomic mass is 16.4. The molecule has 38 heavy (non-hydrogen) atoms. The van der Waals surface area contributed by atoms with Gasteiger partial charge in [-0.25, -0.2) is 0 Å². The third-order valence-corrected chi connectivity index (χ3v) is 14.5. The van der Waals surface area contributed by atoms with Gasteiger partial charge in [-0.3, -0.25) is 4.79 Å². The van der Waals surface area contributed by atoms with Crippen LogP contribution in [0.15, 0.2) is 0 Å². The Bertz CT molecular complexity index is 970. The molecule has 0 unspecified atom stereocenters. The SMILES string of the molecule is CC(C)[C@@](O)(CO)C[C@H](O)[C@@H](C)[C@H]1CC[C@@]2(C)[C@@H]3CC[C@H]4[C@](C)(C(=O)O)[C@@H](O)C[C@H](O)[C@@]45C[C@@]35CC[C@]12C. The number of hydrogen-bond acceptors (Lipinski definition) is 6. The van der Waals surface area contributed by atoms with Gasteiger partial charge in [0.1, 0.15) is 0 Å². The summed E-state index contributed by atoms with van der Waals surface area (Å²) in [6.07, 6.45) is 4.35. The number of rotatable bonds is 7. The second-order valence-corrected chi connectivity index (χ2v) is 15.4. The van der Waals surface area contributed by atoms with Crippen molar-refractivity contribution in [3.8, 4) is 0 Å². The Morgan fingerprint density at radius 1 is 0.947 bits per heavy atom. The molecule has 0 aliphatic heterocycles. The first-order valence-corrected chi connectivity index (χ1v) is 15.1. The van der Waals surface area contributed by atoms with Gasteiger partial charge < -0.3 is 30.6 Å². The van der Waals surface area contributed by atoms with Crippen LogP contribution in [0.25, 0.3) is 0 Å². The molecular formula is C31H52O7. The summed E-state index contributed by atoms with van der Waals surface area (Å²) in [5.41, 5.74) is -3.03. The molecule has 0 aromatic rings. The highest BCUT2D eigenvalue weighted by Crippen LogP contribution is 2.89. The van der Waals surface area contributed by atoms with Crippen molar-refractivity contribution < 1.29 is 35.4 Å². The monoisotopic (exact) mass is 536 g/mol. The fraction of sp³-hybridized carbons (Fsp3) is 0.968. The third-order valence-electron chi connectivity index (χ3n) is 14.5. The Balaban J connectivity index is 1.43. The van der Waals surface area contributed by atoms with Gasteiger partial charge in [-0.05, 0) is 97.7 Å². The number of fused-ring (bicyclic) bond motifs is 2. The smallest absolute Gasteiger partial charge is 0.312 e. The molecule has 13 atom stereocenters. The van der Waals surface area contributed by atoms with Gasteiger partial charge in [-0.15, -0.1) is 0 Å². The van der Waals surface area contributed by atoms with Gasteiger partial charge in [-0.1, -0.05) is 34.6 Å². The summed E-state index contributed by atoms with van der Waals surface area (Å²) in [4.78, 5) is 12.5. The van der Waals surface area contributed by atoms with E-state index >= 15 is 0 Å². The van der Waals surface area contributed by atoms with Crippen LogP contribution in [-0.2, 0) is 4.79 Å². The number of carboxylic acid groups (broad SMARTS) is 1. The minimum Gasteiger partial charge on any atom is -0.481 e. The van der Waals surface area contributed by atoms with Crippen LogP contribution in [0.3, 0.4) is 0 Å². The quantitative estimate of drug-likeness (QED) is 0.292. The van der Waals surface area contributed by atoms with Crippen molar-refractivity contribution in [1.82, 2.24) is 0 Å². The van der Waals surface area contributed by atoms with Gasteiger partial charge in [0.2, 0.25) is 0 Å². The van der Waals surface area contributed by atoms with Gasteiger partial charge >= 0.3 is 5.97 Å². The van der Waals surface area contributed by atoms with E-state index in [2.05, 4.69) is 20.8 Å². The molecule has 5 fully saturated rings. The summed E-state index contributed by atoms with van der Waals surface area (Å²) in [6.45, 7) is 12.0. The summed E-state index contributed by atoms with van der Waals surface area (Å²) in [5, 5.41) is 64.7. The van der Waals surface area contributed by atoms with E-state index in [4.69, 9.17) is 0 Å². The van der Waals surface area contributed by atoms with Gasteiger partial charge in [0.05, 0.1) is 35.9 Å². The second kappa shape index (κ2) is 8.64. The molecule has 218 valence electrons. The van der Waals surface area contributed by atoms with Crippen LogP contribution >= 0.6 is 0 Å². The molecule has 5 aliphatic carbocycles. The Kier molecular flexibility index (Phi) is 6.54. The summed E-state index contributed by atoms with van der Waals surface area (Å²) in [7, 11) is 0. The first-order chi connectivity index (χ1) is 17.5. The maximum absolute atomic E-state index is 12.5. The minimum atomic E-state index is -1.30. The molecule has 7 nitrogen and oxygen atoms in total. The molecule has 6 N–H and O–H groups in total. The van der Waals surface area contributed by atoms with Gasteiger partial charge in [0.15, 0.2) is 0 Å². The molecule has 2 spiro atoms. The zero-order chi connectivity index (χ0) is 28.3. The molecule has 0 saturated heterocycles. The molecular weight excluding hydrogens is 484 g/mol. The molecule has 0 aromatic heterocycles. The van der Waals surface area contributed by atoms with Crippen molar-refractivity contribution in [2.24, 2.45) is 56.7 Å². The van der Waals surface area contributed by atoms with E-state index in [0.29, 0.717) is 5.92 Å². The summed E-state index contributed by atoms with van der Waals surface area (Å²) in [5.74, 6) is -0.686. The first kappa shape index (κ1) is 28.8. The Morgan fingerprint density at radius 2 is 1.58 bits per heavy atom. The fourth-order valence-electron chi connectivity index (χ4n) is 11.5. The molecule has 7 heteroatoms. The minimum absolute atomic E-state index is 0.00960. The third kappa shape index (κ3) is 3.23. The second-order valence-electron chi connectivity index (χ2n) is 15.4. The van der Waals surface area contributed by atoms with Gasteiger partial charge in [0.25, 0.3) is 0 Å². The number of hydrogen-bond donors (Lipinski definition) is 6. The van der Waals surface area contributed by atoms with Crippen molar-refractivity contribution >= 4 is 5.97 Å². The lowest BCUT2D eigenvalue weighted by molar-refractivity contribution is -0.211. The zero-order valence-corrected chi connectivity index (χ0v) is 24.3. The lowest BCUT2D eigenvalue weighted by Gasteiger charge is -2.63. The van der Waals surface area contributed by atoms with E-state index < -0.39 is 40.7 Å². The molecule has 0 aromatic carbocycles. The molecule has 5 rings (SSSR count).